The Balaban J connectivity index is 1.45. The average molecular weight is 317 g/mol. The van der Waals surface area contributed by atoms with Gasteiger partial charge in [0.25, 0.3) is 0 Å². The molecule has 1 amide bonds. The maximum absolute atomic E-state index is 12.0. The van der Waals surface area contributed by atoms with Crippen LogP contribution in [0.3, 0.4) is 0 Å². The lowest BCUT2D eigenvalue weighted by Gasteiger charge is -2.20. The van der Waals surface area contributed by atoms with E-state index in [1.165, 1.54) is 37.0 Å². The Labute approximate surface area is 135 Å². The minimum atomic E-state index is 0.198. The van der Waals surface area contributed by atoms with E-state index in [4.69, 9.17) is 0 Å². The van der Waals surface area contributed by atoms with Gasteiger partial charge in [0.1, 0.15) is 5.69 Å². The predicted octanol–water partition coefficient (Wildman–Crippen LogP) is 3.77. The van der Waals surface area contributed by atoms with Gasteiger partial charge in [-0.1, -0.05) is 25.3 Å². The van der Waals surface area contributed by atoms with Crippen molar-refractivity contribution < 1.29 is 4.79 Å². The van der Waals surface area contributed by atoms with Gasteiger partial charge in [0.2, 0.25) is 5.91 Å². The zero-order valence-corrected chi connectivity index (χ0v) is 13.6. The molecule has 5 heteroatoms. The van der Waals surface area contributed by atoms with Crippen LogP contribution in [-0.4, -0.2) is 22.4 Å². The Hall–Kier alpha value is -1.62. The van der Waals surface area contributed by atoms with Crippen molar-refractivity contribution in [3.8, 4) is 10.6 Å². The van der Waals surface area contributed by atoms with Crippen LogP contribution in [0.1, 0.15) is 44.2 Å². The van der Waals surface area contributed by atoms with Crippen molar-refractivity contribution in [1.29, 1.82) is 0 Å². The molecule has 2 aromatic heterocycles. The van der Waals surface area contributed by atoms with Gasteiger partial charge >= 0.3 is 0 Å². The molecule has 0 atom stereocenters. The van der Waals surface area contributed by atoms with E-state index in [-0.39, 0.29) is 5.91 Å². The average Bonchev–Trinajstić information content (AvgIpc) is 3.19. The molecule has 4 nitrogen and oxygen atoms in total. The molecule has 2 heterocycles. The van der Waals surface area contributed by atoms with Gasteiger partial charge in [-0.2, -0.15) is 0 Å². The first-order valence-corrected chi connectivity index (χ1v) is 9.03. The van der Waals surface area contributed by atoms with Crippen LogP contribution < -0.4 is 5.32 Å². The highest BCUT2D eigenvalue weighted by atomic mass is 32.1. The van der Waals surface area contributed by atoms with Gasteiger partial charge in [-0.3, -0.25) is 4.79 Å². The second-order valence-corrected chi connectivity index (χ2v) is 6.96. The summed E-state index contributed by atoms with van der Waals surface area (Å²) >= 11 is 1.69. The van der Waals surface area contributed by atoms with Crippen molar-refractivity contribution in [2.45, 2.75) is 44.9 Å². The van der Waals surface area contributed by atoms with Crippen LogP contribution in [0.15, 0.2) is 23.8 Å². The quantitative estimate of drug-likeness (QED) is 0.852. The zero-order chi connectivity index (χ0) is 15.2. The number of aromatic nitrogens is 2. The lowest BCUT2D eigenvalue weighted by atomic mass is 9.87. The molecule has 0 aromatic carbocycles. The Morgan fingerprint density at radius 2 is 2.23 bits per heavy atom. The van der Waals surface area contributed by atoms with E-state index in [2.05, 4.69) is 26.7 Å². The number of thiophene rings is 1. The fraction of sp³-hybridized carbons (Fsp3) is 0.529. The van der Waals surface area contributed by atoms with Crippen LogP contribution >= 0.6 is 11.3 Å². The van der Waals surface area contributed by atoms with E-state index in [0.717, 1.165) is 17.8 Å². The number of nitrogens with one attached hydrogen (secondary N) is 2. The summed E-state index contributed by atoms with van der Waals surface area (Å²) in [5.74, 6) is 0.798. The van der Waals surface area contributed by atoms with E-state index in [0.29, 0.717) is 18.9 Å². The first-order valence-electron chi connectivity index (χ1n) is 8.16. The number of nitrogens with zero attached hydrogens (tertiary/aromatic N) is 1. The van der Waals surface area contributed by atoms with Crippen molar-refractivity contribution in [1.82, 2.24) is 15.3 Å². The van der Waals surface area contributed by atoms with Gasteiger partial charge in [-0.05, 0) is 30.2 Å². The number of carbonyl (C=O) groups excluding carboxylic acids is 1. The summed E-state index contributed by atoms with van der Waals surface area (Å²) in [5.41, 5.74) is 2.11. The van der Waals surface area contributed by atoms with E-state index >= 15 is 0 Å². The van der Waals surface area contributed by atoms with E-state index < -0.39 is 0 Å². The van der Waals surface area contributed by atoms with Crippen molar-refractivity contribution in [3.05, 3.63) is 29.5 Å². The molecule has 118 valence electrons. The third-order valence-corrected chi connectivity index (χ3v) is 5.25. The van der Waals surface area contributed by atoms with Gasteiger partial charge in [0.05, 0.1) is 11.2 Å². The molecule has 1 fully saturated rings. The van der Waals surface area contributed by atoms with Crippen molar-refractivity contribution in [2.75, 3.05) is 6.54 Å². The van der Waals surface area contributed by atoms with Crippen molar-refractivity contribution in [3.63, 3.8) is 0 Å². The van der Waals surface area contributed by atoms with E-state index in [1.54, 1.807) is 17.7 Å². The summed E-state index contributed by atoms with van der Waals surface area (Å²) in [6.45, 7) is 0.673. The maximum Gasteiger partial charge on any atom is 0.220 e. The maximum atomic E-state index is 12.0. The highest BCUT2D eigenvalue weighted by Gasteiger charge is 2.17. The number of imidazole rings is 1. The van der Waals surface area contributed by atoms with Crippen LogP contribution in [0.5, 0.6) is 0 Å². The molecule has 0 radical (unpaired) electrons. The molecule has 22 heavy (non-hydrogen) atoms. The Morgan fingerprint density at radius 3 is 3.00 bits per heavy atom. The third-order valence-electron chi connectivity index (χ3n) is 4.37. The fourth-order valence-corrected chi connectivity index (χ4v) is 3.94. The monoisotopic (exact) mass is 317 g/mol. The largest absolute Gasteiger partial charge is 0.356 e. The molecule has 0 spiro atoms. The molecule has 1 saturated carbocycles. The molecule has 3 rings (SSSR count). The van der Waals surface area contributed by atoms with Crippen LogP contribution in [0.2, 0.25) is 0 Å². The van der Waals surface area contributed by atoms with Gasteiger partial charge in [-0.25, -0.2) is 4.98 Å². The predicted molar refractivity (Wildman–Crippen MR) is 89.8 cm³/mol. The van der Waals surface area contributed by atoms with Gasteiger partial charge < -0.3 is 10.3 Å². The molecule has 1 aliphatic carbocycles. The number of carbonyl (C=O) groups is 1. The Kier molecular flexibility index (Phi) is 5.27. The zero-order valence-electron chi connectivity index (χ0n) is 12.8. The second-order valence-electron chi connectivity index (χ2n) is 6.02. The Morgan fingerprint density at radius 1 is 1.36 bits per heavy atom. The molecular weight excluding hydrogens is 294 g/mol. The summed E-state index contributed by atoms with van der Waals surface area (Å²) < 4.78 is 0. The summed E-state index contributed by atoms with van der Waals surface area (Å²) in [7, 11) is 0. The fourth-order valence-electron chi connectivity index (χ4n) is 3.19. The minimum Gasteiger partial charge on any atom is -0.356 e. The number of hydrogen-bond donors (Lipinski definition) is 2. The molecule has 0 bridgehead atoms. The van der Waals surface area contributed by atoms with Crippen LogP contribution in [0, 0.1) is 5.92 Å². The number of hydrogen-bond acceptors (Lipinski definition) is 3. The standard InChI is InChI=1S/C17H23N3OS/c21-16(11-13-5-2-1-3-6-13)18-9-8-14-17(20-12-19-14)15-7-4-10-22-15/h4,7,10,12-13H,1-3,5-6,8-9,11H2,(H,18,21)(H,19,20). The highest BCUT2D eigenvalue weighted by Crippen LogP contribution is 2.26. The van der Waals surface area contributed by atoms with Crippen LogP contribution in [-0.2, 0) is 11.2 Å². The van der Waals surface area contributed by atoms with Crippen molar-refractivity contribution >= 4 is 17.2 Å². The normalized spacial score (nSPS) is 15.8. The highest BCUT2D eigenvalue weighted by molar-refractivity contribution is 7.13. The SMILES string of the molecule is O=C(CC1CCCCC1)NCCc1[nH]cnc1-c1cccs1. The summed E-state index contributed by atoms with van der Waals surface area (Å²) in [6, 6.07) is 4.11. The molecular formula is C17H23N3OS. The molecule has 0 unspecified atom stereocenters. The molecule has 1 aliphatic rings. The second kappa shape index (κ2) is 7.58. The van der Waals surface area contributed by atoms with Crippen LogP contribution in [0.25, 0.3) is 10.6 Å². The third kappa shape index (κ3) is 3.97. The first kappa shape index (κ1) is 15.3. The lowest BCUT2D eigenvalue weighted by molar-refractivity contribution is -0.122. The number of aromatic amines is 1. The summed E-state index contributed by atoms with van der Waals surface area (Å²) in [4.78, 5) is 20.8. The number of rotatable bonds is 6. The molecule has 0 saturated heterocycles. The molecule has 2 aromatic rings. The Bertz CT molecular complexity index is 585. The molecule has 2 N–H and O–H groups in total. The number of H-pyrrole nitrogens is 1. The number of amides is 1. The first-order chi connectivity index (χ1) is 10.8. The van der Waals surface area contributed by atoms with Gasteiger partial charge in [-0.15, -0.1) is 11.3 Å². The van der Waals surface area contributed by atoms with Gasteiger partial charge in [0.15, 0.2) is 0 Å². The van der Waals surface area contributed by atoms with E-state index in [9.17, 15) is 4.79 Å². The van der Waals surface area contributed by atoms with Gasteiger partial charge in [0, 0.05) is 25.1 Å². The van der Waals surface area contributed by atoms with E-state index in [1.807, 2.05) is 6.07 Å². The summed E-state index contributed by atoms with van der Waals surface area (Å²) in [5, 5.41) is 5.11. The smallest absolute Gasteiger partial charge is 0.220 e. The lowest BCUT2D eigenvalue weighted by Crippen LogP contribution is -2.28. The topological polar surface area (TPSA) is 57.8 Å². The summed E-state index contributed by atoms with van der Waals surface area (Å²) in [6.07, 6.45) is 9.57. The molecule has 0 aliphatic heterocycles. The van der Waals surface area contributed by atoms with Crippen LogP contribution in [0.4, 0.5) is 0 Å². The minimum absolute atomic E-state index is 0.198. The van der Waals surface area contributed by atoms with Crippen molar-refractivity contribution in [2.24, 2.45) is 5.92 Å².